The van der Waals surface area contributed by atoms with E-state index in [0.29, 0.717) is 12.4 Å². The number of rotatable bonds is 7. The van der Waals surface area contributed by atoms with Crippen molar-refractivity contribution < 1.29 is 22.7 Å². The fraction of sp³-hybridized carbons (Fsp3) is 0.136. The van der Waals surface area contributed by atoms with Crippen molar-refractivity contribution in [1.29, 1.82) is 0 Å². The highest BCUT2D eigenvalue weighted by atomic mass is 35.5. The number of amides is 1. The number of nitrogens with one attached hydrogen (secondary N) is 1. The van der Waals surface area contributed by atoms with Gasteiger partial charge in [0.1, 0.15) is 5.75 Å². The molecule has 0 saturated carbocycles. The number of carbonyl (C=O) groups is 1. The number of ether oxygens (including phenoxy) is 1. The first-order valence-electron chi connectivity index (χ1n) is 8.92. The van der Waals surface area contributed by atoms with Gasteiger partial charge in [0.15, 0.2) is 0 Å². The molecule has 0 atom stereocenters. The van der Waals surface area contributed by atoms with E-state index in [9.17, 15) is 18.0 Å². The molecule has 3 aromatic rings. The molecule has 3 aromatic carbocycles. The van der Waals surface area contributed by atoms with Gasteiger partial charge in [0, 0.05) is 21.2 Å². The van der Waals surface area contributed by atoms with Gasteiger partial charge in [0.05, 0.1) is 17.9 Å². The van der Waals surface area contributed by atoms with Crippen molar-refractivity contribution in [3.05, 3.63) is 88.9 Å². The van der Waals surface area contributed by atoms with Crippen LogP contribution in [-0.2, 0) is 6.18 Å². The van der Waals surface area contributed by atoms with E-state index in [-0.39, 0.29) is 16.3 Å². The molecule has 0 aliphatic carbocycles. The molecule has 0 fully saturated rings. The van der Waals surface area contributed by atoms with Gasteiger partial charge in [-0.15, -0.1) is 11.8 Å². The first-order chi connectivity index (χ1) is 14.3. The molecule has 0 spiro atoms. The average Bonchev–Trinajstić information content (AvgIpc) is 2.73. The Balaban J connectivity index is 1.56. The zero-order chi connectivity index (χ0) is 21.6. The Morgan fingerprint density at radius 3 is 2.37 bits per heavy atom. The second kappa shape index (κ2) is 9.91. The minimum atomic E-state index is -4.64. The third kappa shape index (κ3) is 6.18. The summed E-state index contributed by atoms with van der Waals surface area (Å²) in [5.74, 6) is 0.667. The highest BCUT2D eigenvalue weighted by Gasteiger charge is 2.34. The molecule has 0 radical (unpaired) electrons. The smallest absolute Gasteiger partial charge is 0.418 e. The fourth-order valence-electron chi connectivity index (χ4n) is 2.59. The van der Waals surface area contributed by atoms with E-state index in [1.54, 1.807) is 23.9 Å². The summed E-state index contributed by atoms with van der Waals surface area (Å²) >= 11 is 7.32. The fourth-order valence-corrected chi connectivity index (χ4v) is 3.52. The molecule has 0 unspecified atom stereocenters. The van der Waals surface area contributed by atoms with Crippen LogP contribution < -0.4 is 10.1 Å². The quantitative estimate of drug-likeness (QED) is 0.318. The lowest BCUT2D eigenvalue weighted by molar-refractivity contribution is -0.136. The van der Waals surface area contributed by atoms with Gasteiger partial charge in [-0.25, -0.2) is 0 Å². The zero-order valence-corrected chi connectivity index (χ0v) is 17.2. The summed E-state index contributed by atoms with van der Waals surface area (Å²) in [6, 6.07) is 19.3. The number of thioether (sulfide) groups is 1. The topological polar surface area (TPSA) is 38.3 Å². The zero-order valence-electron chi connectivity index (χ0n) is 15.6. The molecule has 0 aliphatic heterocycles. The maximum atomic E-state index is 13.2. The van der Waals surface area contributed by atoms with Gasteiger partial charge in [0.25, 0.3) is 5.91 Å². The van der Waals surface area contributed by atoms with Gasteiger partial charge in [-0.2, -0.15) is 13.2 Å². The Hall–Kier alpha value is -2.64. The number of hydrogen-bond donors (Lipinski definition) is 1. The van der Waals surface area contributed by atoms with Crippen LogP contribution in [0.4, 0.5) is 18.9 Å². The average molecular weight is 452 g/mol. The molecule has 0 aromatic heterocycles. The van der Waals surface area contributed by atoms with E-state index in [4.69, 9.17) is 16.3 Å². The van der Waals surface area contributed by atoms with Crippen LogP contribution >= 0.6 is 23.4 Å². The van der Waals surface area contributed by atoms with Crippen LogP contribution in [-0.4, -0.2) is 18.3 Å². The van der Waals surface area contributed by atoms with Crippen molar-refractivity contribution in [2.45, 2.75) is 11.1 Å². The molecule has 3 rings (SSSR count). The van der Waals surface area contributed by atoms with E-state index in [1.165, 1.54) is 18.2 Å². The van der Waals surface area contributed by atoms with Crippen LogP contribution in [0.25, 0.3) is 0 Å². The third-order valence-corrected chi connectivity index (χ3v) is 5.23. The van der Waals surface area contributed by atoms with E-state index < -0.39 is 17.6 Å². The number of hydrogen-bond acceptors (Lipinski definition) is 3. The number of alkyl halides is 3. The Morgan fingerprint density at radius 1 is 1.00 bits per heavy atom. The molecular weight excluding hydrogens is 435 g/mol. The lowest BCUT2D eigenvalue weighted by Crippen LogP contribution is -2.16. The van der Waals surface area contributed by atoms with Crippen molar-refractivity contribution in [2.24, 2.45) is 0 Å². The third-order valence-electron chi connectivity index (χ3n) is 4.02. The number of halogens is 4. The first kappa shape index (κ1) is 22.1. The molecule has 0 saturated heterocycles. The SMILES string of the molecule is O=C(Nc1ccc(Cl)cc1C(F)(F)F)c1ccc(OCCSc2ccccc2)cc1. The van der Waals surface area contributed by atoms with Crippen LogP contribution in [0.1, 0.15) is 15.9 Å². The second-order valence-electron chi connectivity index (χ2n) is 6.18. The minimum Gasteiger partial charge on any atom is -0.493 e. The predicted molar refractivity (Wildman–Crippen MR) is 114 cm³/mol. The van der Waals surface area contributed by atoms with E-state index >= 15 is 0 Å². The lowest BCUT2D eigenvalue weighted by atomic mass is 10.1. The molecular formula is C22H17ClF3NO2S. The Kier molecular flexibility index (Phi) is 7.29. The Labute approximate surface area is 181 Å². The molecule has 0 aliphatic rings. The summed E-state index contributed by atoms with van der Waals surface area (Å²) in [6.45, 7) is 0.477. The van der Waals surface area contributed by atoms with Crippen LogP contribution in [0, 0.1) is 0 Å². The molecule has 156 valence electrons. The standard InChI is InChI=1S/C22H17ClF3NO2S/c23-16-8-11-20(19(14-16)22(24,25)26)27-21(28)15-6-9-17(10-7-15)29-12-13-30-18-4-2-1-3-5-18/h1-11,14H,12-13H2,(H,27,28). The summed E-state index contributed by atoms with van der Waals surface area (Å²) in [7, 11) is 0. The van der Waals surface area contributed by atoms with Gasteiger partial charge in [-0.1, -0.05) is 29.8 Å². The maximum Gasteiger partial charge on any atom is 0.418 e. The second-order valence-corrected chi connectivity index (χ2v) is 7.78. The normalized spacial score (nSPS) is 11.2. The van der Waals surface area contributed by atoms with Gasteiger partial charge >= 0.3 is 6.18 Å². The van der Waals surface area contributed by atoms with Crippen molar-refractivity contribution in [1.82, 2.24) is 0 Å². The Morgan fingerprint density at radius 2 is 1.70 bits per heavy atom. The molecule has 8 heteroatoms. The van der Waals surface area contributed by atoms with Crippen molar-refractivity contribution >= 4 is 35.0 Å². The van der Waals surface area contributed by atoms with Crippen molar-refractivity contribution in [2.75, 3.05) is 17.7 Å². The lowest BCUT2D eigenvalue weighted by Gasteiger charge is -2.14. The summed E-state index contributed by atoms with van der Waals surface area (Å²) in [5, 5.41) is 2.23. The molecule has 0 bridgehead atoms. The van der Waals surface area contributed by atoms with Crippen LogP contribution in [0.15, 0.2) is 77.7 Å². The first-order valence-corrected chi connectivity index (χ1v) is 10.3. The van der Waals surface area contributed by atoms with E-state index in [2.05, 4.69) is 5.32 Å². The molecule has 0 heterocycles. The van der Waals surface area contributed by atoms with Gasteiger partial charge in [-0.3, -0.25) is 4.79 Å². The summed E-state index contributed by atoms with van der Waals surface area (Å²) in [5.41, 5.74) is -1.14. The summed E-state index contributed by atoms with van der Waals surface area (Å²) in [4.78, 5) is 13.5. The minimum absolute atomic E-state index is 0.0627. The van der Waals surface area contributed by atoms with E-state index in [1.807, 2.05) is 30.3 Å². The molecule has 1 N–H and O–H groups in total. The van der Waals surface area contributed by atoms with Crippen LogP contribution in [0.5, 0.6) is 5.75 Å². The number of benzene rings is 3. The highest BCUT2D eigenvalue weighted by Crippen LogP contribution is 2.36. The monoisotopic (exact) mass is 451 g/mol. The molecule has 30 heavy (non-hydrogen) atoms. The van der Waals surface area contributed by atoms with Crippen LogP contribution in [0.2, 0.25) is 5.02 Å². The number of carbonyl (C=O) groups excluding carboxylic acids is 1. The number of anilines is 1. The van der Waals surface area contributed by atoms with Crippen molar-refractivity contribution in [3.8, 4) is 5.75 Å². The van der Waals surface area contributed by atoms with Gasteiger partial charge in [0.2, 0.25) is 0 Å². The highest BCUT2D eigenvalue weighted by molar-refractivity contribution is 7.99. The Bertz CT molecular complexity index is 996. The van der Waals surface area contributed by atoms with Crippen molar-refractivity contribution in [3.63, 3.8) is 0 Å². The summed E-state index contributed by atoms with van der Waals surface area (Å²) in [6.07, 6.45) is -4.64. The van der Waals surface area contributed by atoms with Gasteiger partial charge in [-0.05, 0) is 54.6 Å². The van der Waals surface area contributed by atoms with E-state index in [0.717, 1.165) is 22.8 Å². The predicted octanol–water partition coefficient (Wildman–Crippen LogP) is 6.78. The largest absolute Gasteiger partial charge is 0.493 e. The van der Waals surface area contributed by atoms with Gasteiger partial charge < -0.3 is 10.1 Å². The molecule has 3 nitrogen and oxygen atoms in total. The summed E-state index contributed by atoms with van der Waals surface area (Å²) < 4.78 is 45.1. The van der Waals surface area contributed by atoms with Crippen LogP contribution in [0.3, 0.4) is 0 Å². The molecule has 1 amide bonds. The maximum absolute atomic E-state index is 13.2.